The van der Waals surface area contributed by atoms with Crippen molar-refractivity contribution in [3.8, 4) is 23.1 Å². The molecule has 1 heterocycles. The number of carbonyl (C=O) groups excluding carboxylic acids is 2. The second-order valence-electron chi connectivity index (χ2n) is 7.65. The van der Waals surface area contributed by atoms with E-state index in [-0.39, 0.29) is 12.5 Å². The van der Waals surface area contributed by atoms with Gasteiger partial charge in [-0.15, -0.1) is 0 Å². The molecule has 182 valence electrons. The molecule has 1 aromatic heterocycles. The van der Waals surface area contributed by atoms with E-state index in [1.165, 1.54) is 13.5 Å². The molecule has 0 radical (unpaired) electrons. The normalized spacial score (nSPS) is 12.1. The van der Waals surface area contributed by atoms with Crippen molar-refractivity contribution in [2.45, 2.75) is 38.8 Å². The SMILES string of the molecule is CCC(CC#N)OC(=O)N[C@@H](C)c1cccc(NC(=O)Nc2ccc(-c3cnco3)c(OC)c2)c1. The topological polar surface area (TPSA) is 139 Å². The molecule has 0 saturated carbocycles. The molecule has 0 aliphatic rings. The van der Waals surface area contributed by atoms with Crippen molar-refractivity contribution < 1.29 is 23.5 Å². The Morgan fingerprint density at radius 3 is 2.60 bits per heavy atom. The molecule has 0 bridgehead atoms. The van der Waals surface area contributed by atoms with Gasteiger partial charge in [0.15, 0.2) is 12.2 Å². The zero-order valence-electron chi connectivity index (χ0n) is 19.7. The van der Waals surface area contributed by atoms with Crippen LogP contribution in [0, 0.1) is 11.3 Å². The van der Waals surface area contributed by atoms with E-state index in [9.17, 15) is 9.59 Å². The van der Waals surface area contributed by atoms with Gasteiger partial charge in [0, 0.05) is 17.4 Å². The molecule has 0 aliphatic heterocycles. The number of hydrogen-bond donors (Lipinski definition) is 3. The molecule has 1 unspecified atom stereocenters. The number of oxazole rings is 1. The van der Waals surface area contributed by atoms with E-state index in [4.69, 9.17) is 19.2 Å². The third kappa shape index (κ3) is 6.98. The summed E-state index contributed by atoms with van der Waals surface area (Å²) in [6.45, 7) is 3.65. The van der Waals surface area contributed by atoms with Gasteiger partial charge in [-0.05, 0) is 43.2 Å². The molecule has 10 heteroatoms. The Morgan fingerprint density at radius 1 is 1.17 bits per heavy atom. The molecule has 2 atom stereocenters. The average Bonchev–Trinajstić information content (AvgIpc) is 3.38. The number of aromatic nitrogens is 1. The molecule has 35 heavy (non-hydrogen) atoms. The van der Waals surface area contributed by atoms with E-state index >= 15 is 0 Å². The fraction of sp³-hybridized carbons (Fsp3) is 0.280. The van der Waals surface area contributed by atoms with Crippen LogP contribution in [0.2, 0.25) is 0 Å². The molecule has 3 N–H and O–H groups in total. The minimum Gasteiger partial charge on any atom is -0.496 e. The zero-order chi connectivity index (χ0) is 25.2. The molecule has 10 nitrogen and oxygen atoms in total. The van der Waals surface area contributed by atoms with Gasteiger partial charge in [-0.1, -0.05) is 19.1 Å². The summed E-state index contributed by atoms with van der Waals surface area (Å²) in [7, 11) is 1.53. The number of anilines is 2. The lowest BCUT2D eigenvalue weighted by atomic mass is 10.1. The van der Waals surface area contributed by atoms with Crippen LogP contribution >= 0.6 is 0 Å². The summed E-state index contributed by atoms with van der Waals surface area (Å²) in [5.41, 5.74) is 2.55. The maximum Gasteiger partial charge on any atom is 0.407 e. The summed E-state index contributed by atoms with van der Waals surface area (Å²) < 4.78 is 16.0. The number of nitrogens with one attached hydrogen (secondary N) is 3. The summed E-state index contributed by atoms with van der Waals surface area (Å²) in [6.07, 6.45) is 2.55. The number of nitriles is 1. The molecule has 3 aromatic rings. The number of ether oxygens (including phenoxy) is 2. The molecular formula is C25H27N5O5. The van der Waals surface area contributed by atoms with Gasteiger partial charge in [-0.2, -0.15) is 5.26 Å². The summed E-state index contributed by atoms with van der Waals surface area (Å²) >= 11 is 0. The molecule has 3 amide bonds. The number of nitrogens with zero attached hydrogens (tertiary/aromatic N) is 2. The van der Waals surface area contributed by atoms with Crippen molar-refractivity contribution in [1.29, 1.82) is 5.26 Å². The van der Waals surface area contributed by atoms with Gasteiger partial charge in [0.05, 0.1) is 37.4 Å². The quantitative estimate of drug-likeness (QED) is 0.371. The van der Waals surface area contributed by atoms with Crippen molar-refractivity contribution in [3.63, 3.8) is 0 Å². The fourth-order valence-electron chi connectivity index (χ4n) is 3.32. The minimum atomic E-state index is -0.599. The highest BCUT2D eigenvalue weighted by molar-refractivity contribution is 6.00. The van der Waals surface area contributed by atoms with Crippen LogP contribution in [-0.4, -0.2) is 30.3 Å². The van der Waals surface area contributed by atoms with Crippen LogP contribution in [0.4, 0.5) is 21.0 Å². The van der Waals surface area contributed by atoms with Crippen LogP contribution in [0.5, 0.6) is 5.75 Å². The van der Waals surface area contributed by atoms with Crippen LogP contribution in [0.1, 0.15) is 38.3 Å². The van der Waals surface area contributed by atoms with E-state index in [0.29, 0.717) is 34.9 Å². The number of alkyl carbamates (subject to hydrolysis) is 1. The Morgan fingerprint density at radius 2 is 1.94 bits per heavy atom. The first-order valence-electron chi connectivity index (χ1n) is 11.0. The van der Waals surface area contributed by atoms with E-state index < -0.39 is 18.2 Å². The highest BCUT2D eigenvalue weighted by atomic mass is 16.6. The molecule has 3 rings (SSSR count). The van der Waals surface area contributed by atoms with E-state index in [0.717, 1.165) is 5.56 Å². The number of carbonyl (C=O) groups is 2. The van der Waals surface area contributed by atoms with Crippen LogP contribution < -0.4 is 20.7 Å². The van der Waals surface area contributed by atoms with Crippen LogP contribution in [-0.2, 0) is 4.74 Å². The van der Waals surface area contributed by atoms with Gasteiger partial charge in [0.1, 0.15) is 11.9 Å². The van der Waals surface area contributed by atoms with Crippen LogP contribution in [0.15, 0.2) is 59.5 Å². The fourth-order valence-corrected chi connectivity index (χ4v) is 3.32. The van der Waals surface area contributed by atoms with Gasteiger partial charge < -0.3 is 29.8 Å². The summed E-state index contributed by atoms with van der Waals surface area (Å²) in [5.74, 6) is 1.07. The summed E-state index contributed by atoms with van der Waals surface area (Å²) in [6, 6.07) is 13.4. The molecule has 0 aliphatic carbocycles. The Labute approximate surface area is 203 Å². The van der Waals surface area contributed by atoms with E-state index in [2.05, 4.69) is 20.9 Å². The molecule has 0 fully saturated rings. The van der Waals surface area contributed by atoms with Gasteiger partial charge >= 0.3 is 12.1 Å². The predicted molar refractivity (Wildman–Crippen MR) is 130 cm³/mol. The van der Waals surface area contributed by atoms with Crippen LogP contribution in [0.3, 0.4) is 0 Å². The second-order valence-corrected chi connectivity index (χ2v) is 7.65. The smallest absolute Gasteiger partial charge is 0.407 e. The lowest BCUT2D eigenvalue weighted by Gasteiger charge is -2.18. The van der Waals surface area contributed by atoms with Crippen molar-refractivity contribution >= 4 is 23.5 Å². The number of amides is 3. The number of methoxy groups -OCH3 is 1. The van der Waals surface area contributed by atoms with Gasteiger partial charge in [-0.25, -0.2) is 14.6 Å². The van der Waals surface area contributed by atoms with Gasteiger partial charge in [0.25, 0.3) is 0 Å². The predicted octanol–water partition coefficient (Wildman–Crippen LogP) is 5.47. The lowest BCUT2D eigenvalue weighted by molar-refractivity contribution is 0.0950. The first-order chi connectivity index (χ1) is 16.9. The molecular weight excluding hydrogens is 450 g/mol. The monoisotopic (exact) mass is 477 g/mol. The lowest BCUT2D eigenvalue weighted by Crippen LogP contribution is -2.31. The second kappa shape index (κ2) is 12.1. The largest absolute Gasteiger partial charge is 0.496 e. The Hall–Kier alpha value is -4.52. The summed E-state index contributed by atoms with van der Waals surface area (Å²) in [4.78, 5) is 28.6. The Bertz CT molecular complexity index is 1190. The number of hydrogen-bond acceptors (Lipinski definition) is 7. The number of benzene rings is 2. The van der Waals surface area contributed by atoms with Gasteiger partial charge in [0.2, 0.25) is 0 Å². The molecule has 0 spiro atoms. The minimum absolute atomic E-state index is 0.140. The maximum absolute atomic E-state index is 12.6. The van der Waals surface area contributed by atoms with E-state index in [1.54, 1.807) is 49.5 Å². The first kappa shape index (κ1) is 25.1. The van der Waals surface area contributed by atoms with Crippen LogP contribution in [0.25, 0.3) is 11.3 Å². The first-order valence-corrected chi connectivity index (χ1v) is 11.0. The Balaban J connectivity index is 1.60. The maximum atomic E-state index is 12.6. The van der Waals surface area contributed by atoms with Crippen molar-refractivity contribution in [3.05, 3.63) is 60.6 Å². The number of rotatable bonds is 9. The van der Waals surface area contributed by atoms with Crippen molar-refractivity contribution in [1.82, 2.24) is 10.3 Å². The third-order valence-corrected chi connectivity index (χ3v) is 5.18. The highest BCUT2D eigenvalue weighted by Gasteiger charge is 2.16. The van der Waals surface area contributed by atoms with E-state index in [1.807, 2.05) is 19.1 Å². The highest BCUT2D eigenvalue weighted by Crippen LogP contribution is 2.32. The third-order valence-electron chi connectivity index (χ3n) is 5.18. The molecule has 2 aromatic carbocycles. The molecule has 0 saturated heterocycles. The standard InChI is InChI=1S/C25H27N5O5/c1-4-20(10-11-26)35-25(32)28-16(2)17-6-5-7-18(12-17)29-24(31)30-19-8-9-21(22(13-19)33-3)23-14-27-15-34-23/h5-9,12-16,20H,4,10H2,1-3H3,(H,28,32)(H2,29,30,31)/t16-,20?/m0/s1. The van der Waals surface area contributed by atoms with Crippen molar-refractivity contribution in [2.24, 2.45) is 0 Å². The Kier molecular flexibility index (Phi) is 8.67. The van der Waals surface area contributed by atoms with Gasteiger partial charge in [-0.3, -0.25) is 0 Å². The van der Waals surface area contributed by atoms with Crippen molar-refractivity contribution in [2.75, 3.05) is 17.7 Å². The summed E-state index contributed by atoms with van der Waals surface area (Å²) in [5, 5.41) is 17.1. The number of urea groups is 1. The average molecular weight is 478 g/mol. The zero-order valence-corrected chi connectivity index (χ0v) is 19.7.